The average Bonchev–Trinajstić information content (AvgIpc) is 3.30. The lowest BCUT2D eigenvalue weighted by molar-refractivity contribution is -0.438. The van der Waals surface area contributed by atoms with Gasteiger partial charge < -0.3 is 16.0 Å². The van der Waals surface area contributed by atoms with Crippen molar-refractivity contribution in [3.8, 4) is 0 Å². The topological polar surface area (TPSA) is 44.3 Å². The van der Waals surface area contributed by atoms with Crippen molar-refractivity contribution < 1.29 is 4.58 Å². The summed E-state index contributed by atoms with van der Waals surface area (Å²) < 4.78 is 2.55. The van der Waals surface area contributed by atoms with Gasteiger partial charge in [-0.3, -0.25) is 0 Å². The third-order valence-electron chi connectivity index (χ3n) is 8.74. The van der Waals surface area contributed by atoms with E-state index < -0.39 is 0 Å². The Balaban J connectivity index is 1.38. The van der Waals surface area contributed by atoms with Crippen LogP contribution in [-0.4, -0.2) is 43.5 Å². The van der Waals surface area contributed by atoms with E-state index in [1.807, 2.05) is 0 Å². The largest absolute Gasteiger partial charge is 0.347 e. The van der Waals surface area contributed by atoms with Crippen LogP contribution in [-0.2, 0) is 10.8 Å². The maximum atomic E-state index is 5.59. The van der Waals surface area contributed by atoms with E-state index in [-0.39, 0.29) is 10.8 Å². The molecule has 0 unspecified atom stereocenters. The molecule has 0 saturated carbocycles. The SMILES string of the molecule is CN1/C(=C/C=C/C=C/C=C/C2=[N+](CCCCCNCCCCN)c3ccccc3C2(C)C)C(C)(C)c2ccccc21. The molecule has 0 bridgehead atoms. The van der Waals surface area contributed by atoms with E-state index in [9.17, 15) is 0 Å². The normalized spacial score (nSPS) is 18.5. The Morgan fingerprint density at radius 2 is 1.41 bits per heavy atom. The molecule has 0 amide bonds. The molecule has 218 valence electrons. The average molecular weight is 552 g/mol. The zero-order valence-electron chi connectivity index (χ0n) is 26.0. The minimum absolute atomic E-state index is 0.00341. The summed E-state index contributed by atoms with van der Waals surface area (Å²) in [6.07, 6.45) is 21.2. The molecule has 41 heavy (non-hydrogen) atoms. The van der Waals surface area contributed by atoms with Crippen LogP contribution in [0.3, 0.4) is 0 Å². The molecule has 0 saturated heterocycles. The van der Waals surface area contributed by atoms with E-state index in [2.05, 4.69) is 141 Å². The Labute approximate surface area is 249 Å². The lowest BCUT2D eigenvalue weighted by Gasteiger charge is -2.23. The van der Waals surface area contributed by atoms with Gasteiger partial charge in [0.2, 0.25) is 5.69 Å². The van der Waals surface area contributed by atoms with Gasteiger partial charge >= 0.3 is 0 Å². The van der Waals surface area contributed by atoms with Crippen molar-refractivity contribution in [2.24, 2.45) is 5.73 Å². The molecule has 0 aliphatic carbocycles. The van der Waals surface area contributed by atoms with Crippen LogP contribution in [0.25, 0.3) is 0 Å². The molecular formula is C37H51N4+. The van der Waals surface area contributed by atoms with Gasteiger partial charge in [0, 0.05) is 48.0 Å². The van der Waals surface area contributed by atoms with Crippen LogP contribution in [0.5, 0.6) is 0 Å². The molecule has 4 heteroatoms. The molecular weight excluding hydrogens is 500 g/mol. The fraction of sp³-hybridized carbons (Fsp3) is 0.432. The van der Waals surface area contributed by atoms with Gasteiger partial charge in [-0.15, -0.1) is 0 Å². The van der Waals surface area contributed by atoms with Crippen LogP contribution in [0.2, 0.25) is 0 Å². The summed E-state index contributed by atoms with van der Waals surface area (Å²) in [4.78, 5) is 2.31. The van der Waals surface area contributed by atoms with Crippen molar-refractivity contribution in [1.29, 1.82) is 0 Å². The van der Waals surface area contributed by atoms with Gasteiger partial charge in [0.15, 0.2) is 5.71 Å². The molecule has 2 aliphatic rings. The molecule has 0 fully saturated rings. The number of unbranched alkanes of at least 4 members (excludes halogenated alkanes) is 3. The second-order valence-electron chi connectivity index (χ2n) is 12.4. The molecule has 3 N–H and O–H groups in total. The third-order valence-corrected chi connectivity index (χ3v) is 8.74. The van der Waals surface area contributed by atoms with Gasteiger partial charge in [-0.1, -0.05) is 80.6 Å². The summed E-state index contributed by atoms with van der Waals surface area (Å²) >= 11 is 0. The van der Waals surface area contributed by atoms with Crippen molar-refractivity contribution in [2.45, 2.75) is 70.6 Å². The van der Waals surface area contributed by atoms with Crippen molar-refractivity contribution in [2.75, 3.05) is 38.1 Å². The Morgan fingerprint density at radius 3 is 2.17 bits per heavy atom. The first-order chi connectivity index (χ1) is 19.8. The zero-order valence-corrected chi connectivity index (χ0v) is 26.0. The molecule has 0 aromatic heterocycles. The maximum Gasteiger partial charge on any atom is 0.209 e. The zero-order chi connectivity index (χ0) is 29.3. The molecule has 4 rings (SSSR count). The highest BCUT2D eigenvalue weighted by Crippen LogP contribution is 2.46. The van der Waals surface area contributed by atoms with Crippen LogP contribution >= 0.6 is 0 Å². The number of nitrogens with two attached hydrogens (primary N) is 1. The van der Waals surface area contributed by atoms with Gasteiger partial charge in [0.05, 0.1) is 5.41 Å². The third kappa shape index (κ3) is 6.99. The van der Waals surface area contributed by atoms with Gasteiger partial charge in [0.25, 0.3) is 0 Å². The van der Waals surface area contributed by atoms with E-state index in [1.165, 1.54) is 59.6 Å². The highest BCUT2D eigenvalue weighted by atomic mass is 15.2. The van der Waals surface area contributed by atoms with E-state index in [1.54, 1.807) is 0 Å². The minimum Gasteiger partial charge on any atom is -0.347 e. The highest BCUT2D eigenvalue weighted by molar-refractivity contribution is 6.03. The Hall–Kier alpha value is -3.21. The highest BCUT2D eigenvalue weighted by Gasteiger charge is 2.43. The van der Waals surface area contributed by atoms with Crippen molar-refractivity contribution in [1.82, 2.24) is 5.32 Å². The predicted molar refractivity (Wildman–Crippen MR) is 178 cm³/mol. The Bertz CT molecular complexity index is 1320. The van der Waals surface area contributed by atoms with Crippen LogP contribution in [0, 0.1) is 0 Å². The number of para-hydroxylation sites is 2. The predicted octanol–water partition coefficient (Wildman–Crippen LogP) is 7.54. The van der Waals surface area contributed by atoms with Crippen molar-refractivity contribution in [3.05, 3.63) is 108 Å². The van der Waals surface area contributed by atoms with Gasteiger partial charge in [-0.25, -0.2) is 0 Å². The Kier molecular flexibility index (Phi) is 10.6. The number of fused-ring (bicyclic) bond motifs is 2. The fourth-order valence-electron chi connectivity index (χ4n) is 6.39. The first-order valence-electron chi connectivity index (χ1n) is 15.5. The summed E-state index contributed by atoms with van der Waals surface area (Å²) in [5, 5.41) is 3.56. The molecule has 2 heterocycles. The summed E-state index contributed by atoms with van der Waals surface area (Å²) in [6, 6.07) is 17.6. The van der Waals surface area contributed by atoms with Gasteiger partial charge in [0.1, 0.15) is 6.54 Å². The first-order valence-corrected chi connectivity index (χ1v) is 15.5. The minimum atomic E-state index is -0.0145. The lowest BCUT2D eigenvalue weighted by Crippen LogP contribution is -2.28. The van der Waals surface area contributed by atoms with E-state index >= 15 is 0 Å². The number of hydrogen-bond donors (Lipinski definition) is 2. The molecule has 0 spiro atoms. The number of nitrogens with zero attached hydrogens (tertiary/aromatic N) is 2. The molecule has 4 nitrogen and oxygen atoms in total. The Morgan fingerprint density at radius 1 is 0.756 bits per heavy atom. The van der Waals surface area contributed by atoms with Crippen molar-refractivity contribution >= 4 is 17.1 Å². The van der Waals surface area contributed by atoms with E-state index in [0.717, 1.165) is 32.6 Å². The van der Waals surface area contributed by atoms with Gasteiger partial charge in [-0.2, -0.15) is 4.58 Å². The van der Waals surface area contributed by atoms with E-state index in [4.69, 9.17) is 5.73 Å². The van der Waals surface area contributed by atoms with Crippen LogP contribution < -0.4 is 16.0 Å². The quantitative estimate of drug-likeness (QED) is 0.145. The monoisotopic (exact) mass is 551 g/mol. The smallest absolute Gasteiger partial charge is 0.209 e. The molecule has 2 aromatic rings. The van der Waals surface area contributed by atoms with Gasteiger partial charge in [-0.05, 0) is 76.9 Å². The van der Waals surface area contributed by atoms with Crippen LogP contribution in [0.15, 0.2) is 96.8 Å². The summed E-state index contributed by atoms with van der Waals surface area (Å²) in [5.74, 6) is 0. The number of hydrogen-bond acceptors (Lipinski definition) is 3. The standard InChI is InChI=1S/C37H51N4/c1-36(2)30-20-12-14-22-32(30)40(5)34(36)24-10-7-6-8-11-25-35-37(3,4)31-21-13-15-23-33(31)41(35)29-19-9-17-27-39-28-18-16-26-38/h6-8,10-15,20-25,39H,9,16-19,26-29,38H2,1-5H3/q+1. The number of likely N-dealkylation sites (N-methyl/N-ethyl adjacent to an activating group) is 1. The fourth-order valence-corrected chi connectivity index (χ4v) is 6.39. The van der Waals surface area contributed by atoms with Crippen molar-refractivity contribution in [3.63, 3.8) is 0 Å². The summed E-state index contributed by atoms with van der Waals surface area (Å²) in [6.45, 7) is 13.3. The summed E-state index contributed by atoms with van der Waals surface area (Å²) in [5.41, 5.74) is 13.7. The molecule has 2 aromatic carbocycles. The lowest BCUT2D eigenvalue weighted by atomic mass is 9.81. The number of benzene rings is 2. The first kappa shape index (κ1) is 30.7. The summed E-state index contributed by atoms with van der Waals surface area (Å²) in [7, 11) is 2.16. The molecule has 0 atom stereocenters. The number of nitrogens with one attached hydrogen (secondary N) is 1. The van der Waals surface area contributed by atoms with Crippen LogP contribution in [0.1, 0.15) is 70.9 Å². The second kappa shape index (κ2) is 14.1. The van der Waals surface area contributed by atoms with E-state index in [0.29, 0.717) is 0 Å². The molecule has 0 radical (unpaired) electrons. The maximum absolute atomic E-state index is 5.59. The molecule has 2 aliphatic heterocycles. The van der Waals surface area contributed by atoms with Crippen LogP contribution in [0.4, 0.5) is 11.4 Å². The number of rotatable bonds is 14. The second-order valence-corrected chi connectivity index (χ2v) is 12.4. The number of anilines is 1. The number of allylic oxidation sites excluding steroid dienone is 8.